The third kappa shape index (κ3) is 1.71. The Balaban J connectivity index is 3.39. The fourth-order valence-electron chi connectivity index (χ4n) is 0.869. The molecule has 1 rings (SSSR count). The van der Waals surface area contributed by atoms with E-state index in [0.717, 1.165) is 0 Å². The molecule has 5 heteroatoms. The molecule has 4 nitrogen and oxygen atoms in total. The van der Waals surface area contributed by atoms with Crippen LogP contribution in [0.5, 0.6) is 0 Å². The van der Waals surface area contributed by atoms with Crippen molar-refractivity contribution < 1.29 is 9.90 Å². The molecule has 1 aromatic rings. The number of carbonyl (C=O) groups is 1. The quantitative estimate of drug-likeness (QED) is 0.667. The average Bonchev–Trinajstić information content (AvgIpc) is 2.03. The predicted molar refractivity (Wildman–Crippen MR) is 47.5 cm³/mol. The summed E-state index contributed by atoms with van der Waals surface area (Å²) in [7, 11) is 0. The second kappa shape index (κ2) is 3.33. The van der Waals surface area contributed by atoms with Gasteiger partial charge in [0.25, 0.3) is 0 Å². The van der Waals surface area contributed by atoms with Gasteiger partial charge in [-0.05, 0) is 12.1 Å². The maximum atomic E-state index is 10.5. The van der Waals surface area contributed by atoms with Crippen LogP contribution in [0.15, 0.2) is 12.1 Å². The highest BCUT2D eigenvalue weighted by atomic mass is 35.5. The number of hydrogen-bond donors (Lipinski definition) is 2. The van der Waals surface area contributed by atoms with Gasteiger partial charge in [-0.1, -0.05) is 11.6 Å². The summed E-state index contributed by atoms with van der Waals surface area (Å²) >= 11 is 5.61. The summed E-state index contributed by atoms with van der Waals surface area (Å²) in [5, 5.41) is 17.2. The SMILES string of the molecule is N#Cc1c(N)cc(C(=O)O)cc1Cl. The third-order valence-electron chi connectivity index (χ3n) is 1.48. The first-order chi connectivity index (χ1) is 6.06. The number of carboxylic acid groups (broad SMARTS) is 1. The fraction of sp³-hybridized carbons (Fsp3) is 0. The van der Waals surface area contributed by atoms with E-state index in [1.807, 2.05) is 0 Å². The van der Waals surface area contributed by atoms with Crippen LogP contribution in [-0.2, 0) is 0 Å². The molecule has 0 saturated heterocycles. The summed E-state index contributed by atoms with van der Waals surface area (Å²) in [6.45, 7) is 0. The molecule has 13 heavy (non-hydrogen) atoms. The minimum Gasteiger partial charge on any atom is -0.478 e. The summed E-state index contributed by atoms with van der Waals surface area (Å²) in [5.41, 5.74) is 5.55. The molecule has 0 aromatic heterocycles. The van der Waals surface area contributed by atoms with Crippen molar-refractivity contribution in [1.82, 2.24) is 0 Å². The Labute approximate surface area is 79.2 Å². The molecule has 0 spiro atoms. The predicted octanol–water partition coefficient (Wildman–Crippen LogP) is 1.49. The van der Waals surface area contributed by atoms with Crippen molar-refractivity contribution >= 4 is 23.3 Å². The highest BCUT2D eigenvalue weighted by molar-refractivity contribution is 6.32. The largest absolute Gasteiger partial charge is 0.478 e. The van der Waals surface area contributed by atoms with E-state index in [1.54, 1.807) is 6.07 Å². The number of benzene rings is 1. The Bertz CT molecular complexity index is 386. The first-order valence-corrected chi connectivity index (χ1v) is 3.66. The molecular formula is C8H5ClN2O2. The lowest BCUT2D eigenvalue weighted by atomic mass is 10.1. The van der Waals surface area contributed by atoms with Gasteiger partial charge in [0.2, 0.25) is 0 Å². The molecule has 0 amide bonds. The van der Waals surface area contributed by atoms with Crippen molar-refractivity contribution in [3.63, 3.8) is 0 Å². The Morgan fingerprint density at radius 1 is 1.62 bits per heavy atom. The maximum absolute atomic E-state index is 10.5. The zero-order chi connectivity index (χ0) is 10.0. The molecule has 0 radical (unpaired) electrons. The van der Waals surface area contributed by atoms with Crippen LogP contribution in [0.4, 0.5) is 5.69 Å². The minimum atomic E-state index is -1.13. The molecule has 66 valence electrons. The smallest absolute Gasteiger partial charge is 0.335 e. The minimum absolute atomic E-state index is 0.0264. The van der Waals surface area contributed by atoms with E-state index in [0.29, 0.717) is 0 Å². The van der Waals surface area contributed by atoms with Gasteiger partial charge in [0.15, 0.2) is 0 Å². The molecule has 0 unspecified atom stereocenters. The molecule has 0 heterocycles. The normalized spacial score (nSPS) is 9.23. The van der Waals surface area contributed by atoms with Crippen LogP contribution in [0.2, 0.25) is 5.02 Å². The van der Waals surface area contributed by atoms with Crippen LogP contribution in [0.1, 0.15) is 15.9 Å². The molecule has 0 aliphatic heterocycles. The molecule has 0 aliphatic carbocycles. The number of nitrogen functional groups attached to an aromatic ring is 1. The summed E-state index contributed by atoms with van der Waals surface area (Å²) in [5.74, 6) is -1.13. The lowest BCUT2D eigenvalue weighted by Crippen LogP contribution is -2.00. The van der Waals surface area contributed by atoms with Crippen molar-refractivity contribution in [2.24, 2.45) is 0 Å². The van der Waals surface area contributed by atoms with Gasteiger partial charge >= 0.3 is 5.97 Å². The van der Waals surface area contributed by atoms with Gasteiger partial charge in [-0.15, -0.1) is 0 Å². The number of nitrogens with zero attached hydrogens (tertiary/aromatic N) is 1. The highest BCUT2D eigenvalue weighted by Crippen LogP contribution is 2.23. The third-order valence-corrected chi connectivity index (χ3v) is 1.78. The van der Waals surface area contributed by atoms with Gasteiger partial charge in [0.05, 0.1) is 21.8 Å². The summed E-state index contributed by atoms with van der Waals surface area (Å²) < 4.78 is 0. The van der Waals surface area contributed by atoms with Crippen molar-refractivity contribution in [3.8, 4) is 6.07 Å². The van der Waals surface area contributed by atoms with Crippen LogP contribution < -0.4 is 5.73 Å². The van der Waals surface area contributed by atoms with Gasteiger partial charge in [-0.25, -0.2) is 4.79 Å². The number of carboxylic acids is 1. The average molecular weight is 197 g/mol. The number of nitriles is 1. The number of hydrogen-bond acceptors (Lipinski definition) is 3. The fourth-order valence-corrected chi connectivity index (χ4v) is 1.14. The van der Waals surface area contributed by atoms with E-state index in [4.69, 9.17) is 27.7 Å². The van der Waals surface area contributed by atoms with Crippen LogP contribution in [-0.4, -0.2) is 11.1 Å². The second-order valence-electron chi connectivity index (χ2n) is 2.34. The molecule has 1 aromatic carbocycles. The van der Waals surface area contributed by atoms with E-state index < -0.39 is 5.97 Å². The van der Waals surface area contributed by atoms with Crippen molar-refractivity contribution in [3.05, 3.63) is 28.3 Å². The van der Waals surface area contributed by atoms with Gasteiger partial charge in [-0.3, -0.25) is 0 Å². The number of rotatable bonds is 1. The van der Waals surface area contributed by atoms with Crippen molar-refractivity contribution in [1.29, 1.82) is 5.26 Å². The summed E-state index contributed by atoms with van der Waals surface area (Å²) in [6.07, 6.45) is 0. The molecule has 0 aliphatic rings. The maximum Gasteiger partial charge on any atom is 0.335 e. The molecule has 0 bridgehead atoms. The van der Waals surface area contributed by atoms with E-state index in [-0.39, 0.29) is 21.8 Å². The number of halogens is 1. The Kier molecular flexibility index (Phi) is 2.40. The van der Waals surface area contributed by atoms with Crippen LogP contribution in [0.25, 0.3) is 0 Å². The first kappa shape index (κ1) is 9.36. The Hall–Kier alpha value is -1.73. The number of aromatic carboxylic acids is 1. The molecule has 3 N–H and O–H groups in total. The van der Waals surface area contributed by atoms with Gasteiger partial charge in [-0.2, -0.15) is 5.26 Å². The Morgan fingerprint density at radius 2 is 2.23 bits per heavy atom. The summed E-state index contributed by atoms with van der Waals surface area (Å²) in [4.78, 5) is 10.5. The van der Waals surface area contributed by atoms with Gasteiger partial charge in [0, 0.05) is 0 Å². The van der Waals surface area contributed by atoms with Crippen LogP contribution >= 0.6 is 11.6 Å². The second-order valence-corrected chi connectivity index (χ2v) is 2.75. The molecule has 0 atom stereocenters. The molecule has 0 fully saturated rings. The van der Waals surface area contributed by atoms with E-state index >= 15 is 0 Å². The Morgan fingerprint density at radius 3 is 2.62 bits per heavy atom. The van der Waals surface area contributed by atoms with Crippen molar-refractivity contribution in [2.45, 2.75) is 0 Å². The van der Waals surface area contributed by atoms with E-state index in [2.05, 4.69) is 0 Å². The van der Waals surface area contributed by atoms with E-state index in [1.165, 1.54) is 12.1 Å². The van der Waals surface area contributed by atoms with Gasteiger partial charge < -0.3 is 10.8 Å². The highest BCUT2D eigenvalue weighted by Gasteiger charge is 2.10. The molecular weight excluding hydrogens is 192 g/mol. The zero-order valence-electron chi connectivity index (χ0n) is 6.41. The van der Waals surface area contributed by atoms with Gasteiger partial charge in [0.1, 0.15) is 6.07 Å². The number of nitrogens with two attached hydrogens (primary N) is 1. The number of anilines is 1. The molecule has 0 saturated carbocycles. The lowest BCUT2D eigenvalue weighted by molar-refractivity contribution is 0.0697. The standard InChI is InChI=1S/C8H5ClN2O2/c9-6-1-4(8(12)13)2-7(11)5(6)3-10/h1-2H,11H2,(H,12,13). The van der Waals surface area contributed by atoms with Crippen LogP contribution in [0, 0.1) is 11.3 Å². The van der Waals surface area contributed by atoms with Crippen molar-refractivity contribution in [2.75, 3.05) is 5.73 Å². The summed E-state index contributed by atoms with van der Waals surface area (Å²) in [6, 6.07) is 4.17. The van der Waals surface area contributed by atoms with Crippen LogP contribution in [0.3, 0.4) is 0 Å². The topological polar surface area (TPSA) is 87.1 Å². The monoisotopic (exact) mass is 196 g/mol. The zero-order valence-corrected chi connectivity index (χ0v) is 7.17. The van der Waals surface area contributed by atoms with E-state index in [9.17, 15) is 4.79 Å². The first-order valence-electron chi connectivity index (χ1n) is 3.28. The lowest BCUT2D eigenvalue weighted by Gasteiger charge is -2.01.